The first kappa shape index (κ1) is 18.6. The lowest BCUT2D eigenvalue weighted by molar-refractivity contribution is -0.119. The minimum Gasteiger partial charge on any atom is -0.508 e. The van der Waals surface area contributed by atoms with E-state index in [1.165, 1.54) is 12.8 Å². The van der Waals surface area contributed by atoms with Gasteiger partial charge in [0, 0.05) is 24.1 Å². The molecule has 1 amide bonds. The van der Waals surface area contributed by atoms with Gasteiger partial charge in [-0.1, -0.05) is 60.7 Å². The van der Waals surface area contributed by atoms with Crippen LogP contribution < -0.4 is 4.90 Å². The number of hydrogen-bond acceptors (Lipinski definition) is 3. The first-order valence-corrected chi connectivity index (χ1v) is 10.5. The fourth-order valence-corrected chi connectivity index (χ4v) is 4.09. The standard InChI is InChI=1S/C26H24N2O2/c29-21-10-6-9-20(16-21)25-22-11-4-5-12-24(22)28(17-19-13-14-19)26(30)23(27-25)15-18-7-2-1-3-8-18/h1-12,16,19,23,29H,13-15,17H2. The summed E-state index contributed by atoms with van der Waals surface area (Å²) in [5, 5.41) is 10.1. The van der Waals surface area contributed by atoms with Crippen LogP contribution in [-0.2, 0) is 11.2 Å². The summed E-state index contributed by atoms with van der Waals surface area (Å²) in [7, 11) is 0. The highest BCUT2D eigenvalue weighted by Gasteiger charge is 2.35. The molecule has 4 nitrogen and oxygen atoms in total. The first-order valence-electron chi connectivity index (χ1n) is 10.5. The second-order valence-corrected chi connectivity index (χ2v) is 8.14. The summed E-state index contributed by atoms with van der Waals surface area (Å²) in [5.74, 6) is 0.813. The lowest BCUT2D eigenvalue weighted by Crippen LogP contribution is -2.40. The molecule has 1 aliphatic carbocycles. The highest BCUT2D eigenvalue weighted by molar-refractivity contribution is 6.20. The molecule has 2 aliphatic rings. The van der Waals surface area contributed by atoms with Crippen molar-refractivity contribution < 1.29 is 9.90 Å². The number of nitrogens with zero attached hydrogens (tertiary/aromatic N) is 2. The van der Waals surface area contributed by atoms with Gasteiger partial charge in [0.2, 0.25) is 0 Å². The second kappa shape index (κ2) is 7.79. The number of carbonyl (C=O) groups is 1. The second-order valence-electron chi connectivity index (χ2n) is 8.14. The van der Waals surface area contributed by atoms with Crippen LogP contribution in [0.1, 0.15) is 29.5 Å². The topological polar surface area (TPSA) is 52.9 Å². The Hall–Kier alpha value is -3.40. The monoisotopic (exact) mass is 396 g/mol. The zero-order valence-corrected chi connectivity index (χ0v) is 16.7. The summed E-state index contributed by atoms with van der Waals surface area (Å²) in [6.07, 6.45) is 2.91. The highest BCUT2D eigenvalue weighted by Crippen LogP contribution is 2.35. The van der Waals surface area contributed by atoms with Crippen LogP contribution in [0.2, 0.25) is 0 Å². The number of anilines is 1. The summed E-state index contributed by atoms with van der Waals surface area (Å²) in [6, 6.07) is 24.7. The van der Waals surface area contributed by atoms with Crippen LogP contribution in [0.4, 0.5) is 5.69 Å². The number of aliphatic imine (C=N–C) groups is 1. The van der Waals surface area contributed by atoms with E-state index in [2.05, 4.69) is 0 Å². The molecule has 0 bridgehead atoms. The van der Waals surface area contributed by atoms with E-state index >= 15 is 0 Å². The van der Waals surface area contributed by atoms with Crippen LogP contribution in [-0.4, -0.2) is 29.3 Å². The molecule has 150 valence electrons. The van der Waals surface area contributed by atoms with Gasteiger partial charge in [-0.05, 0) is 42.5 Å². The van der Waals surface area contributed by atoms with Crippen LogP contribution in [0.25, 0.3) is 0 Å². The Balaban J connectivity index is 1.65. The summed E-state index contributed by atoms with van der Waals surface area (Å²) in [6.45, 7) is 0.740. The predicted molar refractivity (Wildman–Crippen MR) is 119 cm³/mol. The predicted octanol–water partition coefficient (Wildman–Crippen LogP) is 4.60. The minimum absolute atomic E-state index is 0.0494. The third-order valence-corrected chi connectivity index (χ3v) is 5.82. The molecule has 4 heteroatoms. The molecule has 3 aromatic carbocycles. The number of fused-ring (bicyclic) bond motifs is 1. The van der Waals surface area contributed by atoms with Crippen LogP contribution in [0, 0.1) is 5.92 Å². The van der Waals surface area contributed by atoms with Crippen LogP contribution >= 0.6 is 0 Å². The minimum atomic E-state index is -0.504. The Morgan fingerprint density at radius 1 is 0.933 bits per heavy atom. The quantitative estimate of drug-likeness (QED) is 0.685. The number of aromatic hydroxyl groups is 1. The van der Waals surface area contributed by atoms with Gasteiger partial charge in [-0.15, -0.1) is 0 Å². The number of phenols is 1. The molecular weight excluding hydrogens is 372 g/mol. The van der Waals surface area contributed by atoms with Gasteiger partial charge < -0.3 is 10.0 Å². The van der Waals surface area contributed by atoms with Crippen molar-refractivity contribution in [3.8, 4) is 5.75 Å². The van der Waals surface area contributed by atoms with E-state index in [0.29, 0.717) is 12.3 Å². The number of benzene rings is 3. The Kier molecular flexibility index (Phi) is 4.83. The number of carbonyl (C=O) groups excluding carboxylic acids is 1. The molecule has 0 spiro atoms. The van der Waals surface area contributed by atoms with Crippen molar-refractivity contribution >= 4 is 17.3 Å². The molecule has 3 aromatic rings. The number of phenolic OH excluding ortho intramolecular Hbond substituents is 1. The van der Waals surface area contributed by atoms with Gasteiger partial charge in [0.25, 0.3) is 5.91 Å². The van der Waals surface area contributed by atoms with Crippen LogP contribution in [0.3, 0.4) is 0 Å². The number of rotatable bonds is 5. The number of hydrogen-bond donors (Lipinski definition) is 1. The van der Waals surface area contributed by atoms with Gasteiger partial charge in [0.15, 0.2) is 0 Å². The molecule has 1 saturated carbocycles. The van der Waals surface area contributed by atoms with Crippen molar-refractivity contribution in [2.45, 2.75) is 25.3 Å². The molecule has 1 unspecified atom stereocenters. The van der Waals surface area contributed by atoms with Gasteiger partial charge in [-0.3, -0.25) is 9.79 Å². The number of benzodiazepines with no additional fused rings is 1. The van der Waals surface area contributed by atoms with Crippen LogP contribution in [0.5, 0.6) is 5.75 Å². The van der Waals surface area contributed by atoms with E-state index in [0.717, 1.165) is 34.6 Å². The van der Waals surface area contributed by atoms with Crippen molar-refractivity contribution in [2.75, 3.05) is 11.4 Å². The van der Waals surface area contributed by atoms with Gasteiger partial charge in [0.05, 0.1) is 11.4 Å². The summed E-state index contributed by atoms with van der Waals surface area (Å²) in [5.41, 5.74) is 4.52. The molecule has 1 N–H and O–H groups in total. The molecule has 30 heavy (non-hydrogen) atoms. The molecule has 1 fully saturated rings. The molecular formula is C26H24N2O2. The Labute approximate surface area is 176 Å². The fourth-order valence-electron chi connectivity index (χ4n) is 4.09. The fraction of sp³-hybridized carbons (Fsp3) is 0.231. The lowest BCUT2D eigenvalue weighted by Gasteiger charge is -2.25. The zero-order chi connectivity index (χ0) is 20.5. The van der Waals surface area contributed by atoms with E-state index in [4.69, 9.17) is 4.99 Å². The molecule has 0 radical (unpaired) electrons. The van der Waals surface area contributed by atoms with Gasteiger partial charge in [0.1, 0.15) is 11.8 Å². The van der Waals surface area contributed by atoms with E-state index < -0.39 is 6.04 Å². The summed E-state index contributed by atoms with van der Waals surface area (Å²) in [4.78, 5) is 20.6. The van der Waals surface area contributed by atoms with Crippen molar-refractivity contribution in [3.63, 3.8) is 0 Å². The molecule has 1 atom stereocenters. The van der Waals surface area contributed by atoms with Crippen molar-refractivity contribution in [3.05, 3.63) is 95.6 Å². The van der Waals surface area contributed by atoms with E-state index in [1.807, 2.05) is 71.6 Å². The average molecular weight is 396 g/mol. The average Bonchev–Trinajstić information content (AvgIpc) is 3.60. The summed E-state index contributed by atoms with van der Waals surface area (Å²) >= 11 is 0. The number of para-hydroxylation sites is 1. The molecule has 5 rings (SSSR count). The molecule has 1 heterocycles. The van der Waals surface area contributed by atoms with E-state index in [9.17, 15) is 9.90 Å². The van der Waals surface area contributed by atoms with Gasteiger partial charge >= 0.3 is 0 Å². The Bertz CT molecular complexity index is 1100. The number of amides is 1. The van der Waals surface area contributed by atoms with E-state index in [1.54, 1.807) is 12.1 Å². The Morgan fingerprint density at radius 3 is 2.47 bits per heavy atom. The normalized spacial score (nSPS) is 18.5. The maximum atomic E-state index is 13.7. The third kappa shape index (κ3) is 3.73. The smallest absolute Gasteiger partial charge is 0.252 e. The maximum Gasteiger partial charge on any atom is 0.252 e. The molecule has 1 aliphatic heterocycles. The van der Waals surface area contributed by atoms with Crippen molar-refractivity contribution in [2.24, 2.45) is 10.9 Å². The summed E-state index contributed by atoms with van der Waals surface area (Å²) < 4.78 is 0. The lowest BCUT2D eigenvalue weighted by atomic mass is 10.00. The highest BCUT2D eigenvalue weighted by atomic mass is 16.3. The van der Waals surface area contributed by atoms with Crippen molar-refractivity contribution in [1.29, 1.82) is 0 Å². The SMILES string of the molecule is O=C1C(Cc2ccccc2)N=C(c2cccc(O)c2)c2ccccc2N1CC1CC1. The maximum absolute atomic E-state index is 13.7. The van der Waals surface area contributed by atoms with Gasteiger partial charge in [-0.25, -0.2) is 0 Å². The zero-order valence-electron chi connectivity index (χ0n) is 16.7. The third-order valence-electron chi connectivity index (χ3n) is 5.82. The largest absolute Gasteiger partial charge is 0.508 e. The first-order chi connectivity index (χ1) is 14.7. The van der Waals surface area contributed by atoms with Gasteiger partial charge in [-0.2, -0.15) is 0 Å². The van der Waals surface area contributed by atoms with Crippen molar-refractivity contribution in [1.82, 2.24) is 0 Å². The Morgan fingerprint density at radius 2 is 1.70 bits per heavy atom. The molecule has 0 aromatic heterocycles. The van der Waals surface area contributed by atoms with Crippen LogP contribution in [0.15, 0.2) is 83.9 Å². The molecule has 0 saturated heterocycles. The van der Waals surface area contributed by atoms with E-state index in [-0.39, 0.29) is 11.7 Å².